The SMILES string of the molecule is COc1cc2ncc3c(c(-c4ccc(C#N)cc4)nn3C)c2cc1CCc1cccc(N(C)C)c1. The maximum atomic E-state index is 9.18. The highest BCUT2D eigenvalue weighted by Gasteiger charge is 2.17. The maximum absolute atomic E-state index is 9.18. The number of benzene rings is 3. The summed E-state index contributed by atoms with van der Waals surface area (Å²) in [7, 11) is 7.76. The first kappa shape index (κ1) is 22.4. The first-order chi connectivity index (χ1) is 17.0. The minimum Gasteiger partial charge on any atom is -0.496 e. The fourth-order valence-electron chi connectivity index (χ4n) is 4.56. The van der Waals surface area contributed by atoms with Gasteiger partial charge in [0, 0.05) is 49.2 Å². The second-order valence-corrected chi connectivity index (χ2v) is 8.93. The molecule has 3 aromatic carbocycles. The van der Waals surface area contributed by atoms with Gasteiger partial charge in [0.2, 0.25) is 0 Å². The molecule has 0 aliphatic heterocycles. The molecule has 6 heteroatoms. The van der Waals surface area contributed by atoms with Crippen LogP contribution in [0.2, 0.25) is 0 Å². The lowest BCUT2D eigenvalue weighted by Crippen LogP contribution is -2.08. The molecule has 174 valence electrons. The van der Waals surface area contributed by atoms with Crippen LogP contribution in [0.1, 0.15) is 16.7 Å². The van der Waals surface area contributed by atoms with Gasteiger partial charge in [0.25, 0.3) is 0 Å². The molecule has 0 amide bonds. The zero-order valence-corrected chi connectivity index (χ0v) is 20.4. The standard InChI is InChI=1S/C29H27N5O/c1-33(2)23-7-5-6-19(14-23)8-13-22-15-24-25(16-27(22)35-4)31-18-26-28(24)29(32-34(26)3)21-11-9-20(17-30)10-12-21/h5-7,9-12,14-16,18H,8,13H2,1-4H3. The Bertz CT molecular complexity index is 1580. The van der Waals surface area contributed by atoms with E-state index in [2.05, 4.69) is 55.4 Å². The van der Waals surface area contributed by atoms with Crippen LogP contribution in [0.15, 0.2) is 66.9 Å². The predicted molar refractivity (Wildman–Crippen MR) is 141 cm³/mol. The lowest BCUT2D eigenvalue weighted by Gasteiger charge is -2.14. The van der Waals surface area contributed by atoms with Crippen molar-refractivity contribution < 1.29 is 4.74 Å². The molecule has 0 unspecified atom stereocenters. The number of pyridine rings is 1. The molecule has 0 saturated carbocycles. The molecule has 0 saturated heterocycles. The van der Waals surface area contributed by atoms with E-state index in [0.717, 1.165) is 57.2 Å². The first-order valence-electron chi connectivity index (χ1n) is 11.6. The van der Waals surface area contributed by atoms with Crippen LogP contribution < -0.4 is 9.64 Å². The Labute approximate surface area is 205 Å². The van der Waals surface area contributed by atoms with Gasteiger partial charge in [0.1, 0.15) is 11.4 Å². The van der Waals surface area contributed by atoms with Crippen molar-refractivity contribution in [3.8, 4) is 23.1 Å². The summed E-state index contributed by atoms with van der Waals surface area (Å²) >= 11 is 0. The topological polar surface area (TPSA) is 67.0 Å². The second kappa shape index (κ2) is 9.11. The summed E-state index contributed by atoms with van der Waals surface area (Å²) in [6.07, 6.45) is 3.62. The average Bonchev–Trinajstić information content (AvgIpc) is 3.23. The van der Waals surface area contributed by atoms with Crippen LogP contribution in [0.5, 0.6) is 5.75 Å². The van der Waals surface area contributed by atoms with Gasteiger partial charge in [-0.2, -0.15) is 10.4 Å². The summed E-state index contributed by atoms with van der Waals surface area (Å²) in [4.78, 5) is 6.83. The van der Waals surface area contributed by atoms with E-state index in [9.17, 15) is 5.26 Å². The minimum absolute atomic E-state index is 0.630. The number of methoxy groups -OCH3 is 1. The van der Waals surface area contributed by atoms with Gasteiger partial charge in [0.15, 0.2) is 0 Å². The van der Waals surface area contributed by atoms with Crippen LogP contribution in [0, 0.1) is 11.3 Å². The number of nitrogens with zero attached hydrogens (tertiary/aromatic N) is 5. The number of anilines is 1. The predicted octanol–water partition coefficient (Wildman–Crippen LogP) is 5.52. The molecule has 6 nitrogen and oxygen atoms in total. The molecule has 5 aromatic rings. The van der Waals surface area contributed by atoms with E-state index >= 15 is 0 Å². The Morgan fingerprint density at radius 3 is 2.54 bits per heavy atom. The highest BCUT2D eigenvalue weighted by Crippen LogP contribution is 2.36. The molecule has 35 heavy (non-hydrogen) atoms. The highest BCUT2D eigenvalue weighted by molar-refractivity contribution is 6.11. The van der Waals surface area contributed by atoms with Crippen LogP contribution >= 0.6 is 0 Å². The largest absolute Gasteiger partial charge is 0.496 e. The van der Waals surface area contributed by atoms with Gasteiger partial charge in [-0.3, -0.25) is 9.67 Å². The summed E-state index contributed by atoms with van der Waals surface area (Å²) in [5.74, 6) is 0.844. The minimum atomic E-state index is 0.630. The van der Waals surface area contributed by atoms with Gasteiger partial charge in [0.05, 0.1) is 36.0 Å². The van der Waals surface area contributed by atoms with Crippen molar-refractivity contribution in [1.82, 2.24) is 14.8 Å². The number of hydrogen-bond acceptors (Lipinski definition) is 5. The highest BCUT2D eigenvalue weighted by atomic mass is 16.5. The van der Waals surface area contributed by atoms with E-state index in [0.29, 0.717) is 5.56 Å². The molecule has 0 aliphatic rings. The third-order valence-electron chi connectivity index (χ3n) is 6.48. The number of hydrogen-bond donors (Lipinski definition) is 0. The Balaban J connectivity index is 1.62. The van der Waals surface area contributed by atoms with Crippen molar-refractivity contribution in [1.29, 1.82) is 5.26 Å². The quantitative estimate of drug-likeness (QED) is 0.333. The van der Waals surface area contributed by atoms with Crippen molar-refractivity contribution in [2.45, 2.75) is 12.8 Å². The van der Waals surface area contributed by atoms with Crippen LogP contribution in [0.4, 0.5) is 5.69 Å². The van der Waals surface area contributed by atoms with E-state index in [4.69, 9.17) is 14.8 Å². The molecular formula is C29H27N5O. The molecule has 0 N–H and O–H groups in total. The fourth-order valence-corrected chi connectivity index (χ4v) is 4.56. The third-order valence-corrected chi connectivity index (χ3v) is 6.48. The molecular weight excluding hydrogens is 434 g/mol. The average molecular weight is 462 g/mol. The van der Waals surface area contributed by atoms with Crippen LogP contribution in [-0.2, 0) is 19.9 Å². The molecule has 0 radical (unpaired) electrons. The van der Waals surface area contributed by atoms with E-state index in [-0.39, 0.29) is 0 Å². The number of ether oxygens (including phenoxy) is 1. The molecule has 2 heterocycles. The van der Waals surface area contributed by atoms with Crippen molar-refractivity contribution in [2.75, 3.05) is 26.1 Å². The van der Waals surface area contributed by atoms with E-state index < -0.39 is 0 Å². The number of nitriles is 1. The van der Waals surface area contributed by atoms with Gasteiger partial charge in [-0.25, -0.2) is 0 Å². The van der Waals surface area contributed by atoms with E-state index in [1.807, 2.05) is 48.3 Å². The van der Waals surface area contributed by atoms with Crippen molar-refractivity contribution in [3.63, 3.8) is 0 Å². The zero-order chi connectivity index (χ0) is 24.5. The lowest BCUT2D eigenvalue weighted by molar-refractivity contribution is 0.410. The molecule has 0 aliphatic carbocycles. The van der Waals surface area contributed by atoms with Gasteiger partial charge in [-0.1, -0.05) is 24.3 Å². The third kappa shape index (κ3) is 4.17. The normalized spacial score (nSPS) is 11.1. The fraction of sp³-hybridized carbons (Fsp3) is 0.207. The number of rotatable bonds is 6. The van der Waals surface area contributed by atoms with Crippen LogP contribution in [0.3, 0.4) is 0 Å². The van der Waals surface area contributed by atoms with Gasteiger partial charge in [-0.15, -0.1) is 0 Å². The van der Waals surface area contributed by atoms with Crippen LogP contribution in [-0.4, -0.2) is 36.0 Å². The molecule has 0 atom stereocenters. The Hall–Kier alpha value is -4.37. The molecule has 0 spiro atoms. The van der Waals surface area contributed by atoms with E-state index in [1.54, 1.807) is 7.11 Å². The maximum Gasteiger partial charge on any atom is 0.124 e. The summed E-state index contributed by atoms with van der Waals surface area (Å²) in [6.45, 7) is 0. The van der Waals surface area contributed by atoms with E-state index in [1.165, 1.54) is 11.3 Å². The summed E-state index contributed by atoms with van der Waals surface area (Å²) < 4.78 is 7.63. The molecule has 5 rings (SSSR count). The number of aryl methyl sites for hydroxylation is 3. The van der Waals surface area contributed by atoms with Gasteiger partial charge < -0.3 is 9.64 Å². The summed E-state index contributed by atoms with van der Waals surface area (Å²) in [5.41, 5.74) is 7.94. The Morgan fingerprint density at radius 2 is 1.83 bits per heavy atom. The molecule has 0 bridgehead atoms. The summed E-state index contributed by atoms with van der Waals surface area (Å²) in [6, 6.07) is 22.6. The Kier molecular flexibility index (Phi) is 5.84. The smallest absolute Gasteiger partial charge is 0.124 e. The van der Waals surface area contributed by atoms with Crippen molar-refractivity contribution >= 4 is 27.5 Å². The molecule has 2 aromatic heterocycles. The van der Waals surface area contributed by atoms with Crippen molar-refractivity contribution in [3.05, 3.63) is 83.6 Å². The number of aromatic nitrogens is 3. The lowest BCUT2D eigenvalue weighted by atomic mass is 9.98. The monoisotopic (exact) mass is 461 g/mol. The van der Waals surface area contributed by atoms with Gasteiger partial charge in [-0.05, 0) is 54.3 Å². The number of fused-ring (bicyclic) bond motifs is 3. The zero-order valence-electron chi connectivity index (χ0n) is 20.4. The van der Waals surface area contributed by atoms with Crippen molar-refractivity contribution in [2.24, 2.45) is 7.05 Å². The van der Waals surface area contributed by atoms with Gasteiger partial charge >= 0.3 is 0 Å². The molecule has 0 fully saturated rings. The first-order valence-corrected chi connectivity index (χ1v) is 11.6. The second-order valence-electron chi connectivity index (χ2n) is 8.93. The summed E-state index contributed by atoms with van der Waals surface area (Å²) in [5, 5.41) is 16.1. The van der Waals surface area contributed by atoms with Crippen LogP contribution in [0.25, 0.3) is 33.1 Å². The Morgan fingerprint density at radius 1 is 1.03 bits per heavy atom.